The summed E-state index contributed by atoms with van der Waals surface area (Å²) in [7, 11) is 0. The van der Waals surface area contributed by atoms with Crippen LogP contribution in [0.5, 0.6) is 0 Å². The topological polar surface area (TPSA) is 72.9 Å². The van der Waals surface area contributed by atoms with Crippen molar-refractivity contribution < 1.29 is 9.18 Å². The SMILES string of the molecule is CCn1nc(C)cc1-c1sc(C(=O)Nc2ccccc2F)cc1N. The summed E-state index contributed by atoms with van der Waals surface area (Å²) < 4.78 is 15.5. The van der Waals surface area contributed by atoms with Crippen LogP contribution in [-0.4, -0.2) is 15.7 Å². The number of nitrogens with zero attached hydrogens (tertiary/aromatic N) is 2. The molecule has 0 aliphatic rings. The molecule has 0 unspecified atom stereocenters. The summed E-state index contributed by atoms with van der Waals surface area (Å²) in [5, 5.41) is 6.97. The molecule has 0 atom stereocenters. The molecule has 0 saturated heterocycles. The van der Waals surface area contributed by atoms with Gasteiger partial charge >= 0.3 is 0 Å². The molecule has 3 N–H and O–H groups in total. The van der Waals surface area contributed by atoms with Crippen LogP contribution >= 0.6 is 11.3 Å². The van der Waals surface area contributed by atoms with E-state index in [1.807, 2.05) is 24.6 Å². The molecule has 24 heavy (non-hydrogen) atoms. The number of aromatic nitrogens is 2. The van der Waals surface area contributed by atoms with E-state index >= 15 is 0 Å². The smallest absolute Gasteiger partial charge is 0.265 e. The Kier molecular flexibility index (Phi) is 4.35. The van der Waals surface area contributed by atoms with Crippen LogP contribution in [0, 0.1) is 12.7 Å². The zero-order valence-corrected chi connectivity index (χ0v) is 14.2. The zero-order valence-electron chi connectivity index (χ0n) is 13.3. The normalized spacial score (nSPS) is 10.8. The fourth-order valence-electron chi connectivity index (χ4n) is 2.43. The number of thiophene rings is 1. The fourth-order valence-corrected chi connectivity index (χ4v) is 3.43. The standard InChI is InChI=1S/C17H17FN4OS/c1-3-22-14(8-10(2)21-22)16-12(19)9-15(24-16)17(23)20-13-7-5-4-6-11(13)18/h4-9H,3,19H2,1-2H3,(H,20,23). The lowest BCUT2D eigenvalue weighted by Gasteiger charge is -2.04. The summed E-state index contributed by atoms with van der Waals surface area (Å²) in [5.41, 5.74) is 8.50. The first-order chi connectivity index (χ1) is 11.5. The number of anilines is 2. The van der Waals surface area contributed by atoms with Crippen molar-refractivity contribution in [3.63, 3.8) is 0 Å². The predicted molar refractivity (Wildman–Crippen MR) is 94.7 cm³/mol. The summed E-state index contributed by atoms with van der Waals surface area (Å²) in [6.07, 6.45) is 0. The van der Waals surface area contributed by atoms with E-state index in [0.717, 1.165) is 16.3 Å². The molecular formula is C17H17FN4OS. The first kappa shape index (κ1) is 16.2. The van der Waals surface area contributed by atoms with Gasteiger partial charge in [-0.3, -0.25) is 9.48 Å². The van der Waals surface area contributed by atoms with Crippen LogP contribution in [-0.2, 0) is 6.54 Å². The van der Waals surface area contributed by atoms with Crippen LogP contribution < -0.4 is 11.1 Å². The summed E-state index contributed by atoms with van der Waals surface area (Å²) in [6.45, 7) is 4.61. The van der Waals surface area contributed by atoms with Gasteiger partial charge in [-0.2, -0.15) is 5.10 Å². The number of amides is 1. The average Bonchev–Trinajstić information content (AvgIpc) is 3.12. The molecule has 0 fully saturated rings. The number of para-hydroxylation sites is 1. The van der Waals surface area contributed by atoms with Crippen molar-refractivity contribution in [2.45, 2.75) is 20.4 Å². The molecule has 0 aliphatic carbocycles. The third-order valence-corrected chi connectivity index (χ3v) is 4.71. The van der Waals surface area contributed by atoms with Gasteiger partial charge in [-0.1, -0.05) is 12.1 Å². The molecule has 7 heteroatoms. The van der Waals surface area contributed by atoms with Gasteiger partial charge in [0.15, 0.2) is 0 Å². The summed E-state index contributed by atoms with van der Waals surface area (Å²) in [6, 6.07) is 9.59. The first-order valence-electron chi connectivity index (χ1n) is 7.49. The number of aryl methyl sites for hydroxylation is 2. The lowest BCUT2D eigenvalue weighted by atomic mass is 10.2. The highest BCUT2D eigenvalue weighted by Crippen LogP contribution is 2.35. The Balaban J connectivity index is 1.91. The molecule has 1 amide bonds. The Bertz CT molecular complexity index is 900. The minimum Gasteiger partial charge on any atom is -0.397 e. The van der Waals surface area contributed by atoms with Gasteiger partial charge in [-0.25, -0.2) is 4.39 Å². The maximum Gasteiger partial charge on any atom is 0.265 e. The van der Waals surface area contributed by atoms with E-state index < -0.39 is 5.82 Å². The van der Waals surface area contributed by atoms with Gasteiger partial charge in [0.1, 0.15) is 5.82 Å². The molecule has 0 radical (unpaired) electrons. The summed E-state index contributed by atoms with van der Waals surface area (Å²) in [4.78, 5) is 13.6. The minimum absolute atomic E-state index is 0.144. The number of nitrogens with one attached hydrogen (secondary N) is 1. The number of hydrogen-bond donors (Lipinski definition) is 2. The number of benzene rings is 1. The van der Waals surface area contributed by atoms with Gasteiger partial charge in [0, 0.05) is 6.54 Å². The quantitative estimate of drug-likeness (QED) is 0.753. The molecule has 2 heterocycles. The Labute approximate surface area is 142 Å². The second kappa shape index (κ2) is 6.45. The molecular weight excluding hydrogens is 327 g/mol. The zero-order chi connectivity index (χ0) is 17.3. The Hall–Kier alpha value is -2.67. The lowest BCUT2D eigenvalue weighted by molar-refractivity contribution is 0.103. The maximum atomic E-state index is 13.7. The molecule has 124 valence electrons. The van der Waals surface area contributed by atoms with Crippen LogP contribution in [0.1, 0.15) is 22.3 Å². The second-order valence-electron chi connectivity index (χ2n) is 5.32. The number of carbonyl (C=O) groups is 1. The van der Waals surface area contributed by atoms with Gasteiger partial charge in [-0.15, -0.1) is 11.3 Å². The number of nitrogen functional groups attached to an aromatic ring is 1. The highest BCUT2D eigenvalue weighted by Gasteiger charge is 2.18. The molecule has 0 saturated carbocycles. The van der Waals surface area contributed by atoms with Crippen LogP contribution in [0.2, 0.25) is 0 Å². The van der Waals surface area contributed by atoms with E-state index in [9.17, 15) is 9.18 Å². The molecule has 5 nitrogen and oxygen atoms in total. The molecule has 0 bridgehead atoms. The van der Waals surface area contributed by atoms with Crippen molar-refractivity contribution in [3.8, 4) is 10.6 Å². The van der Waals surface area contributed by atoms with E-state index in [2.05, 4.69) is 10.4 Å². The third-order valence-electron chi connectivity index (χ3n) is 3.54. The summed E-state index contributed by atoms with van der Waals surface area (Å²) in [5.74, 6) is -0.863. The molecule has 3 aromatic rings. The Morgan fingerprint density at radius 1 is 1.38 bits per heavy atom. The van der Waals surface area contributed by atoms with Crippen LogP contribution in [0.3, 0.4) is 0 Å². The fraction of sp³-hybridized carbons (Fsp3) is 0.176. The van der Waals surface area contributed by atoms with E-state index in [1.54, 1.807) is 18.2 Å². The largest absolute Gasteiger partial charge is 0.397 e. The van der Waals surface area contributed by atoms with E-state index in [-0.39, 0.29) is 11.6 Å². The second-order valence-corrected chi connectivity index (χ2v) is 6.37. The highest BCUT2D eigenvalue weighted by molar-refractivity contribution is 7.18. The Morgan fingerprint density at radius 2 is 2.12 bits per heavy atom. The molecule has 0 aliphatic heterocycles. The van der Waals surface area contributed by atoms with Crippen molar-refractivity contribution in [1.29, 1.82) is 0 Å². The molecule has 2 aromatic heterocycles. The average molecular weight is 344 g/mol. The monoisotopic (exact) mass is 344 g/mol. The first-order valence-corrected chi connectivity index (χ1v) is 8.31. The maximum absolute atomic E-state index is 13.7. The highest BCUT2D eigenvalue weighted by atomic mass is 32.1. The van der Waals surface area contributed by atoms with Crippen molar-refractivity contribution >= 4 is 28.6 Å². The van der Waals surface area contributed by atoms with E-state index in [0.29, 0.717) is 17.1 Å². The molecule has 3 rings (SSSR count). The van der Waals surface area contributed by atoms with E-state index in [1.165, 1.54) is 23.5 Å². The van der Waals surface area contributed by atoms with Crippen molar-refractivity contribution in [1.82, 2.24) is 9.78 Å². The number of nitrogens with two attached hydrogens (primary N) is 1. The molecule has 0 spiro atoms. The van der Waals surface area contributed by atoms with Crippen molar-refractivity contribution in [2.24, 2.45) is 0 Å². The van der Waals surface area contributed by atoms with Gasteiger partial charge in [0.05, 0.1) is 32.5 Å². The number of hydrogen-bond acceptors (Lipinski definition) is 4. The van der Waals surface area contributed by atoms with Crippen LogP contribution in [0.25, 0.3) is 10.6 Å². The Morgan fingerprint density at radius 3 is 2.83 bits per heavy atom. The van der Waals surface area contributed by atoms with Crippen molar-refractivity contribution in [2.75, 3.05) is 11.1 Å². The van der Waals surface area contributed by atoms with Gasteiger partial charge in [0.2, 0.25) is 0 Å². The molecule has 1 aromatic carbocycles. The minimum atomic E-state index is -0.477. The predicted octanol–water partition coefficient (Wildman–Crippen LogP) is 3.91. The number of carbonyl (C=O) groups excluding carboxylic acids is 1. The summed E-state index contributed by atoms with van der Waals surface area (Å²) >= 11 is 1.27. The van der Waals surface area contributed by atoms with Crippen LogP contribution in [0.4, 0.5) is 15.8 Å². The van der Waals surface area contributed by atoms with Crippen LogP contribution in [0.15, 0.2) is 36.4 Å². The number of rotatable bonds is 4. The van der Waals surface area contributed by atoms with Crippen molar-refractivity contribution in [3.05, 3.63) is 52.8 Å². The van der Waals surface area contributed by atoms with Gasteiger partial charge < -0.3 is 11.1 Å². The number of halogens is 1. The van der Waals surface area contributed by atoms with E-state index in [4.69, 9.17) is 5.73 Å². The van der Waals surface area contributed by atoms with Gasteiger partial charge in [0.25, 0.3) is 5.91 Å². The third kappa shape index (κ3) is 3.03. The van der Waals surface area contributed by atoms with Gasteiger partial charge in [-0.05, 0) is 38.1 Å². The lowest BCUT2D eigenvalue weighted by Crippen LogP contribution is -2.11.